The molecule has 0 radical (unpaired) electrons. The van der Waals surface area contributed by atoms with Gasteiger partial charge in [0, 0.05) is 6.04 Å². The predicted molar refractivity (Wildman–Crippen MR) is 66.6 cm³/mol. The number of piperidine rings is 2. The third kappa shape index (κ3) is 1.95. The summed E-state index contributed by atoms with van der Waals surface area (Å²) in [5, 5.41) is 0. The van der Waals surface area contributed by atoms with Crippen LogP contribution in [0.3, 0.4) is 0 Å². The molecule has 1 aliphatic carbocycles. The first-order chi connectivity index (χ1) is 10.7. The minimum Gasteiger partial charge on any atom is -0.410 e. The highest BCUT2D eigenvalue weighted by molar-refractivity contribution is 5.75. The van der Waals surface area contributed by atoms with Crippen molar-refractivity contribution in [3.63, 3.8) is 0 Å². The number of carbonyl (C=O) groups excluding carboxylic acids is 1. The Morgan fingerprint density at radius 3 is 2.43 bits per heavy atom. The average Bonchev–Trinajstić information content (AvgIpc) is 2.98. The Morgan fingerprint density at radius 1 is 1.17 bits per heavy atom. The Labute approximate surface area is 127 Å². The van der Waals surface area contributed by atoms with Gasteiger partial charge in [-0.15, -0.1) is 4.90 Å². The number of fused-ring (bicyclic) bond motifs is 5. The van der Waals surface area contributed by atoms with E-state index in [-0.39, 0.29) is 12.2 Å². The highest BCUT2D eigenvalue weighted by Crippen LogP contribution is 2.63. The summed E-state index contributed by atoms with van der Waals surface area (Å²) in [7, 11) is 0. The number of hydrogen-bond acceptors (Lipinski definition) is 3. The first-order valence-electron chi connectivity index (χ1n) is 7.02. The zero-order valence-corrected chi connectivity index (χ0v) is 11.5. The second kappa shape index (κ2) is 4.34. The molecule has 23 heavy (non-hydrogen) atoms. The molecule has 2 bridgehead atoms. The largest absolute Gasteiger partial charge is 0.464 e. The quantitative estimate of drug-likeness (QED) is 0.450. The Hall–Kier alpha value is -1.90. The van der Waals surface area contributed by atoms with Crippen molar-refractivity contribution >= 4 is 6.09 Å². The molecule has 1 aromatic carbocycles. The molecule has 1 amide bonds. The highest BCUT2D eigenvalue weighted by Gasteiger charge is 2.82. The van der Waals surface area contributed by atoms with Gasteiger partial charge in [0.15, 0.2) is 0 Å². The van der Waals surface area contributed by atoms with Gasteiger partial charge in [-0.1, -0.05) is 18.2 Å². The zero-order valence-electron chi connectivity index (χ0n) is 11.5. The lowest BCUT2D eigenvalue weighted by molar-refractivity contribution is -0.339. The molecule has 0 unspecified atom stereocenters. The number of alkyl halides is 5. The average molecular weight is 334 g/mol. The number of benzene rings is 1. The van der Waals surface area contributed by atoms with Crippen LogP contribution >= 0.6 is 0 Å². The van der Waals surface area contributed by atoms with Crippen molar-refractivity contribution in [2.24, 2.45) is 5.92 Å². The predicted octanol–water partition coefficient (Wildman–Crippen LogP) is 3.05. The fourth-order valence-corrected chi connectivity index (χ4v) is 3.90. The molecule has 0 N–H and O–H groups in total. The second-order valence-corrected chi connectivity index (χ2v) is 5.90. The van der Waals surface area contributed by atoms with Crippen molar-refractivity contribution in [3.05, 3.63) is 30.3 Å². The summed E-state index contributed by atoms with van der Waals surface area (Å²) in [5.74, 6) is -1.29. The van der Waals surface area contributed by atoms with Gasteiger partial charge < -0.3 is 4.74 Å². The second-order valence-electron chi connectivity index (χ2n) is 5.90. The van der Waals surface area contributed by atoms with Gasteiger partial charge >= 0.3 is 18.4 Å². The molecule has 4 nitrogen and oxygen atoms in total. The Morgan fingerprint density at radius 2 is 1.83 bits per heavy atom. The van der Waals surface area contributed by atoms with E-state index in [0.717, 1.165) is 4.90 Å². The fraction of sp³-hybridized carbons (Fsp3) is 0.500. The van der Waals surface area contributed by atoms with E-state index in [2.05, 4.69) is 0 Å². The normalized spacial score (nSPS) is 34.4. The number of amides is 1. The number of likely N-dealkylation sites (tertiary alicyclic amines) is 2. The molecule has 3 aliphatic rings. The molecule has 4 atom stereocenters. The van der Waals surface area contributed by atoms with E-state index >= 15 is 0 Å². The first-order valence-corrected chi connectivity index (χ1v) is 7.02. The zero-order chi connectivity index (χ0) is 16.6. The third-order valence-corrected chi connectivity index (χ3v) is 4.74. The van der Waals surface area contributed by atoms with Crippen LogP contribution in [0.5, 0.6) is 5.75 Å². The Kier molecular flexibility index (Phi) is 2.77. The number of halogens is 5. The van der Waals surface area contributed by atoms with Crippen molar-refractivity contribution in [1.82, 2.24) is 9.80 Å². The molecule has 124 valence electrons. The van der Waals surface area contributed by atoms with Gasteiger partial charge in [-0.25, -0.2) is 4.79 Å². The van der Waals surface area contributed by atoms with Crippen LogP contribution in [0.1, 0.15) is 6.42 Å². The SMILES string of the molecule is O=C(Oc1ccccc1)N1[C@H]2[C@H]1[C@H]1C[C@H]2N(C(F)(F)F)C1(F)F. The molecule has 0 aromatic heterocycles. The van der Waals surface area contributed by atoms with Crippen LogP contribution in [-0.4, -0.2) is 46.4 Å². The summed E-state index contributed by atoms with van der Waals surface area (Å²) >= 11 is 0. The molecule has 2 saturated heterocycles. The summed E-state index contributed by atoms with van der Waals surface area (Å²) in [6, 6.07) is 0.789. The Balaban J connectivity index is 1.54. The summed E-state index contributed by atoms with van der Waals surface area (Å²) in [6.07, 6.45) is -6.29. The summed E-state index contributed by atoms with van der Waals surface area (Å²) < 4.78 is 71.6. The molecule has 9 heteroatoms. The maximum absolute atomic E-state index is 14.0. The lowest BCUT2D eigenvalue weighted by atomic mass is 10.1. The highest BCUT2D eigenvalue weighted by atomic mass is 19.4. The van der Waals surface area contributed by atoms with Crippen molar-refractivity contribution < 1.29 is 31.5 Å². The molecular formula is C14H11F5N2O2. The van der Waals surface area contributed by atoms with E-state index in [0.29, 0.717) is 0 Å². The number of para-hydroxylation sites is 1. The van der Waals surface area contributed by atoms with E-state index in [4.69, 9.17) is 4.74 Å². The van der Waals surface area contributed by atoms with E-state index in [9.17, 15) is 26.7 Å². The number of carbonyl (C=O) groups is 1. The van der Waals surface area contributed by atoms with E-state index in [1.807, 2.05) is 0 Å². The third-order valence-electron chi connectivity index (χ3n) is 4.74. The first kappa shape index (κ1) is 14.7. The van der Waals surface area contributed by atoms with Gasteiger partial charge in [0.25, 0.3) is 0 Å². The van der Waals surface area contributed by atoms with Crippen molar-refractivity contribution in [1.29, 1.82) is 0 Å². The number of nitrogens with zero attached hydrogens (tertiary/aromatic N) is 2. The van der Waals surface area contributed by atoms with Gasteiger partial charge in [-0.2, -0.15) is 22.0 Å². The maximum Gasteiger partial charge on any atom is 0.464 e. The van der Waals surface area contributed by atoms with E-state index in [1.165, 1.54) is 12.1 Å². The maximum atomic E-state index is 14.0. The van der Waals surface area contributed by atoms with Crippen molar-refractivity contribution in [3.8, 4) is 5.75 Å². The lowest BCUT2D eigenvalue weighted by Gasteiger charge is -2.33. The van der Waals surface area contributed by atoms with Crippen LogP contribution in [0.4, 0.5) is 26.7 Å². The van der Waals surface area contributed by atoms with Gasteiger partial charge in [0.05, 0.1) is 18.0 Å². The molecular weight excluding hydrogens is 323 g/mol. The van der Waals surface area contributed by atoms with Crippen LogP contribution in [0.2, 0.25) is 0 Å². The number of ether oxygens (including phenoxy) is 1. The van der Waals surface area contributed by atoms with Gasteiger partial charge in [0.2, 0.25) is 0 Å². The van der Waals surface area contributed by atoms with E-state index in [1.54, 1.807) is 18.2 Å². The van der Waals surface area contributed by atoms with Crippen LogP contribution in [0, 0.1) is 5.92 Å². The topological polar surface area (TPSA) is 32.6 Å². The minimum atomic E-state index is -5.13. The lowest BCUT2D eigenvalue weighted by Crippen LogP contribution is -2.56. The standard InChI is InChI=1S/C14H11F5N2O2/c15-13(16)8-6-9(21(13)14(17,18)19)11-10(8)20(11)12(22)23-7-4-2-1-3-5-7/h1-5,8-11H,6H2/t8-,9-,10-,11-,20?/m1/s1. The Bertz CT molecular complexity index is 650. The monoisotopic (exact) mass is 334 g/mol. The molecule has 2 aliphatic heterocycles. The smallest absolute Gasteiger partial charge is 0.410 e. The van der Waals surface area contributed by atoms with Crippen LogP contribution in [0.25, 0.3) is 0 Å². The van der Waals surface area contributed by atoms with Crippen LogP contribution in [-0.2, 0) is 0 Å². The number of rotatable bonds is 1. The molecule has 0 spiro atoms. The summed E-state index contributed by atoms with van der Waals surface area (Å²) in [4.78, 5) is 12.3. The summed E-state index contributed by atoms with van der Waals surface area (Å²) in [6.45, 7) is 0. The number of hydrogen-bond donors (Lipinski definition) is 0. The van der Waals surface area contributed by atoms with Gasteiger partial charge in [0.1, 0.15) is 5.75 Å². The van der Waals surface area contributed by atoms with Crippen LogP contribution < -0.4 is 4.74 Å². The van der Waals surface area contributed by atoms with E-state index < -0.39 is 47.4 Å². The van der Waals surface area contributed by atoms with Crippen molar-refractivity contribution in [2.45, 2.75) is 36.9 Å². The molecule has 1 saturated carbocycles. The van der Waals surface area contributed by atoms with Crippen LogP contribution in [0.15, 0.2) is 30.3 Å². The fourth-order valence-electron chi connectivity index (χ4n) is 3.90. The molecule has 3 fully saturated rings. The van der Waals surface area contributed by atoms with Gasteiger partial charge in [-0.05, 0) is 18.6 Å². The molecule has 4 rings (SSSR count). The molecule has 1 aromatic rings. The summed E-state index contributed by atoms with van der Waals surface area (Å²) in [5.41, 5.74) is 0. The van der Waals surface area contributed by atoms with Crippen molar-refractivity contribution in [2.75, 3.05) is 0 Å². The molecule has 2 heterocycles. The minimum absolute atomic E-state index is 0.217. The van der Waals surface area contributed by atoms with Gasteiger partial charge in [-0.3, -0.25) is 4.90 Å².